The van der Waals surface area contributed by atoms with Crippen LogP contribution in [-0.2, 0) is 17.6 Å². The molecule has 23 heavy (non-hydrogen) atoms. The molecule has 1 aromatic carbocycles. The van der Waals surface area contributed by atoms with Gasteiger partial charge in [0.15, 0.2) is 0 Å². The number of aryl methyl sites for hydroxylation is 3. The normalized spacial score (nSPS) is 12.1. The van der Waals surface area contributed by atoms with Crippen molar-refractivity contribution in [2.24, 2.45) is 0 Å². The lowest BCUT2D eigenvalue weighted by Crippen LogP contribution is -2.27. The predicted octanol–water partition coefficient (Wildman–Crippen LogP) is 4.57. The largest absolute Gasteiger partial charge is 0.315 e. The van der Waals surface area contributed by atoms with Crippen LogP contribution < -0.4 is 4.90 Å². The third-order valence-corrected chi connectivity index (χ3v) is 3.65. The minimum atomic E-state index is 0.834. The van der Waals surface area contributed by atoms with Crippen LogP contribution in [0, 0.1) is 6.92 Å². The van der Waals surface area contributed by atoms with Gasteiger partial charge in [-0.15, -0.1) is 0 Å². The highest BCUT2D eigenvalue weighted by molar-refractivity contribution is 5.77. The fourth-order valence-electron chi connectivity index (χ4n) is 2.49. The van der Waals surface area contributed by atoms with Gasteiger partial charge in [-0.05, 0) is 43.4 Å². The Morgan fingerprint density at radius 2 is 2.04 bits per heavy atom. The Balaban J connectivity index is 0.000000215. The first-order chi connectivity index (χ1) is 11.2. The maximum absolute atomic E-state index is 10.6. The molecule has 0 radical (unpaired) electrons. The van der Waals surface area contributed by atoms with Gasteiger partial charge in [0.2, 0.25) is 6.41 Å². The lowest BCUT2D eigenvalue weighted by molar-refractivity contribution is -0.107. The summed E-state index contributed by atoms with van der Waals surface area (Å²) in [5.74, 6) is 0. The minimum Gasteiger partial charge on any atom is -0.315 e. The molecular weight excluding hydrogens is 284 g/mol. The number of amides is 1. The van der Waals surface area contributed by atoms with Crippen LogP contribution in [0.2, 0.25) is 0 Å². The molecule has 1 aromatic heterocycles. The zero-order chi connectivity index (χ0) is 17.1. The maximum Gasteiger partial charge on any atom is 0.214 e. The fraction of sp³-hybridized carbons (Fsp3) is 0.400. The van der Waals surface area contributed by atoms with Crippen molar-refractivity contribution < 1.29 is 4.79 Å². The van der Waals surface area contributed by atoms with E-state index >= 15 is 0 Å². The first-order valence-corrected chi connectivity index (χ1v) is 8.45. The van der Waals surface area contributed by atoms with Gasteiger partial charge in [-0.1, -0.05) is 50.6 Å². The Kier molecular flexibility index (Phi) is 8.66. The standard InChI is InChI=1S/C9H10N2O.C9H12.C2H6/c12-7-11-5-1-2-8-6-10-4-3-9(8)11;1-3-9-6-4-5-8(2)7-9;1-2/h3-4,6-7H,1-2,5H2;4-7H,3H2,1-2H3;1-2H3. The minimum absolute atomic E-state index is 0.834. The fourth-order valence-corrected chi connectivity index (χ4v) is 2.49. The van der Waals surface area contributed by atoms with Crippen molar-refractivity contribution in [2.75, 3.05) is 11.4 Å². The molecule has 3 rings (SSSR count). The van der Waals surface area contributed by atoms with Gasteiger partial charge < -0.3 is 4.90 Å². The molecule has 1 amide bonds. The number of benzene rings is 1. The highest BCUT2D eigenvalue weighted by Crippen LogP contribution is 2.23. The first-order valence-electron chi connectivity index (χ1n) is 8.45. The molecule has 0 atom stereocenters. The number of anilines is 1. The van der Waals surface area contributed by atoms with Crippen LogP contribution in [0.5, 0.6) is 0 Å². The summed E-state index contributed by atoms with van der Waals surface area (Å²) in [6.45, 7) is 9.13. The van der Waals surface area contributed by atoms with Crippen LogP contribution in [-0.4, -0.2) is 17.9 Å². The summed E-state index contributed by atoms with van der Waals surface area (Å²) in [4.78, 5) is 16.4. The van der Waals surface area contributed by atoms with E-state index < -0.39 is 0 Å². The number of nitrogens with zero attached hydrogens (tertiary/aromatic N) is 2. The van der Waals surface area contributed by atoms with Crippen molar-refractivity contribution in [1.29, 1.82) is 0 Å². The van der Waals surface area contributed by atoms with Crippen molar-refractivity contribution in [1.82, 2.24) is 4.98 Å². The molecule has 0 N–H and O–H groups in total. The van der Waals surface area contributed by atoms with E-state index in [0.717, 1.165) is 37.9 Å². The summed E-state index contributed by atoms with van der Waals surface area (Å²) < 4.78 is 0. The summed E-state index contributed by atoms with van der Waals surface area (Å²) in [7, 11) is 0. The highest BCUT2D eigenvalue weighted by atomic mass is 16.1. The zero-order valence-electron chi connectivity index (χ0n) is 14.7. The quantitative estimate of drug-likeness (QED) is 0.761. The number of fused-ring (bicyclic) bond motifs is 1. The van der Waals surface area contributed by atoms with Crippen molar-refractivity contribution in [3.63, 3.8) is 0 Å². The Morgan fingerprint density at radius 3 is 2.65 bits per heavy atom. The van der Waals surface area contributed by atoms with Gasteiger partial charge in [0.25, 0.3) is 0 Å². The van der Waals surface area contributed by atoms with Gasteiger partial charge in [0.05, 0.1) is 0 Å². The van der Waals surface area contributed by atoms with Gasteiger partial charge in [0, 0.05) is 24.6 Å². The molecule has 0 saturated carbocycles. The predicted molar refractivity (Wildman–Crippen MR) is 97.9 cm³/mol. The molecule has 1 aliphatic rings. The van der Waals surface area contributed by atoms with Crippen LogP contribution >= 0.6 is 0 Å². The van der Waals surface area contributed by atoms with E-state index in [4.69, 9.17) is 0 Å². The second-order valence-electron chi connectivity index (χ2n) is 5.25. The molecule has 1 aliphatic heterocycles. The maximum atomic E-state index is 10.6. The summed E-state index contributed by atoms with van der Waals surface area (Å²) >= 11 is 0. The molecule has 3 nitrogen and oxygen atoms in total. The molecule has 124 valence electrons. The number of carbonyl (C=O) groups is 1. The van der Waals surface area contributed by atoms with E-state index in [0.29, 0.717) is 0 Å². The molecule has 0 saturated heterocycles. The number of aromatic nitrogens is 1. The monoisotopic (exact) mass is 312 g/mol. The van der Waals surface area contributed by atoms with E-state index in [1.165, 1.54) is 16.7 Å². The average molecular weight is 312 g/mol. The van der Waals surface area contributed by atoms with Crippen LogP contribution in [0.15, 0.2) is 42.7 Å². The van der Waals surface area contributed by atoms with Crippen LogP contribution in [0.25, 0.3) is 0 Å². The Hall–Kier alpha value is -2.16. The third-order valence-electron chi connectivity index (χ3n) is 3.65. The van der Waals surface area contributed by atoms with Gasteiger partial charge in [-0.2, -0.15) is 0 Å². The Morgan fingerprint density at radius 1 is 1.26 bits per heavy atom. The van der Waals surface area contributed by atoms with Crippen molar-refractivity contribution in [3.05, 3.63) is 59.4 Å². The lowest BCUT2D eigenvalue weighted by atomic mass is 10.1. The summed E-state index contributed by atoms with van der Waals surface area (Å²) in [6, 6.07) is 10.5. The molecule has 0 fully saturated rings. The van der Waals surface area contributed by atoms with E-state index in [1.807, 2.05) is 26.1 Å². The van der Waals surface area contributed by atoms with Crippen LogP contribution in [0.3, 0.4) is 0 Å². The highest BCUT2D eigenvalue weighted by Gasteiger charge is 2.14. The molecule has 2 aromatic rings. The number of rotatable bonds is 2. The SMILES string of the molecule is CC.CCc1cccc(C)c1.O=CN1CCCc2cnccc21. The van der Waals surface area contributed by atoms with Gasteiger partial charge in [-0.3, -0.25) is 9.78 Å². The molecular formula is C20H28N2O. The average Bonchev–Trinajstić information content (AvgIpc) is 2.63. The van der Waals surface area contributed by atoms with Crippen LogP contribution in [0.4, 0.5) is 5.69 Å². The number of pyridine rings is 1. The number of hydrogen-bond donors (Lipinski definition) is 0. The topological polar surface area (TPSA) is 33.2 Å². The molecule has 0 aliphatic carbocycles. The molecule has 3 heteroatoms. The zero-order valence-corrected chi connectivity index (χ0v) is 14.7. The Bertz CT molecular complexity index is 596. The molecule has 0 bridgehead atoms. The summed E-state index contributed by atoms with van der Waals surface area (Å²) in [5.41, 5.74) is 4.98. The summed E-state index contributed by atoms with van der Waals surface area (Å²) in [5, 5.41) is 0. The number of hydrogen-bond acceptors (Lipinski definition) is 2. The van der Waals surface area contributed by atoms with Crippen molar-refractivity contribution in [2.45, 2.75) is 47.0 Å². The van der Waals surface area contributed by atoms with Gasteiger partial charge in [0.1, 0.15) is 0 Å². The molecule has 2 heterocycles. The van der Waals surface area contributed by atoms with E-state index in [1.54, 1.807) is 11.1 Å². The van der Waals surface area contributed by atoms with Gasteiger partial charge in [-0.25, -0.2) is 0 Å². The van der Waals surface area contributed by atoms with E-state index in [-0.39, 0.29) is 0 Å². The smallest absolute Gasteiger partial charge is 0.214 e. The second-order valence-corrected chi connectivity index (χ2v) is 5.25. The molecule has 0 unspecified atom stereocenters. The number of carbonyl (C=O) groups excluding carboxylic acids is 1. The molecule has 0 spiro atoms. The summed E-state index contributed by atoms with van der Waals surface area (Å²) in [6.07, 6.45) is 7.66. The Labute approximate surface area is 140 Å². The van der Waals surface area contributed by atoms with Crippen molar-refractivity contribution >= 4 is 12.1 Å². The third kappa shape index (κ3) is 5.85. The van der Waals surface area contributed by atoms with E-state index in [9.17, 15) is 4.79 Å². The van der Waals surface area contributed by atoms with Crippen molar-refractivity contribution in [3.8, 4) is 0 Å². The van der Waals surface area contributed by atoms with E-state index in [2.05, 4.69) is 43.1 Å². The second kappa shape index (κ2) is 10.5. The van der Waals surface area contributed by atoms with Crippen LogP contribution in [0.1, 0.15) is 43.9 Å². The van der Waals surface area contributed by atoms with Gasteiger partial charge >= 0.3 is 0 Å². The first kappa shape index (κ1) is 18.9. The lowest BCUT2D eigenvalue weighted by Gasteiger charge is -2.24.